The van der Waals surface area contributed by atoms with Crippen molar-refractivity contribution in [2.45, 2.75) is 76.5 Å². The Kier molecular flexibility index (Phi) is 3.69. The van der Waals surface area contributed by atoms with Gasteiger partial charge in [-0.1, -0.05) is 50.5 Å². The normalized spacial score (nSPS) is 33.5. The Balaban J connectivity index is 1.68. The molecule has 0 heteroatoms. The molecule has 4 rings (SSSR count). The van der Waals surface area contributed by atoms with Crippen LogP contribution in [-0.2, 0) is 5.41 Å². The van der Waals surface area contributed by atoms with Crippen molar-refractivity contribution < 1.29 is 0 Å². The van der Waals surface area contributed by atoms with Gasteiger partial charge in [-0.3, -0.25) is 0 Å². The molecule has 0 saturated heterocycles. The summed E-state index contributed by atoms with van der Waals surface area (Å²) in [6.45, 7) is 2.32. The van der Waals surface area contributed by atoms with Crippen molar-refractivity contribution in [1.29, 1.82) is 0 Å². The van der Waals surface area contributed by atoms with Gasteiger partial charge in [0, 0.05) is 0 Å². The molecule has 3 aliphatic rings. The second kappa shape index (κ2) is 5.31. The van der Waals surface area contributed by atoms with E-state index in [1.807, 2.05) is 0 Å². The largest absolute Gasteiger partial charge is 0.0654 e. The van der Waals surface area contributed by atoms with Crippen molar-refractivity contribution in [2.75, 3.05) is 0 Å². The Morgan fingerprint density at radius 2 is 1.58 bits per heavy atom. The maximum Gasteiger partial charge on any atom is -0.00463 e. The fourth-order valence-electron chi connectivity index (χ4n) is 4.56. The lowest BCUT2D eigenvalue weighted by Crippen LogP contribution is -2.44. The standard InChI is InChI=1S/C19H27/c1-2-3-7-10-18-11-14-19(15-12-18,16-13-18)17-8-5-4-6-9-17/h5-6,8-9H,2-3,7,10-16H2,1H3. The summed E-state index contributed by atoms with van der Waals surface area (Å²) in [5.41, 5.74) is 2.85. The van der Waals surface area contributed by atoms with Crippen LogP contribution in [0.3, 0.4) is 0 Å². The van der Waals surface area contributed by atoms with Gasteiger partial charge in [-0.05, 0) is 67.4 Å². The van der Waals surface area contributed by atoms with Crippen LogP contribution in [-0.4, -0.2) is 0 Å². The fourth-order valence-corrected chi connectivity index (χ4v) is 4.56. The average Bonchev–Trinajstić information content (AvgIpc) is 2.50. The van der Waals surface area contributed by atoms with Gasteiger partial charge in [0.1, 0.15) is 0 Å². The van der Waals surface area contributed by atoms with Crippen LogP contribution in [0.5, 0.6) is 0 Å². The van der Waals surface area contributed by atoms with Gasteiger partial charge >= 0.3 is 0 Å². The smallest absolute Gasteiger partial charge is 0.00463 e. The van der Waals surface area contributed by atoms with E-state index < -0.39 is 0 Å². The van der Waals surface area contributed by atoms with Crippen molar-refractivity contribution in [3.8, 4) is 0 Å². The molecule has 0 aliphatic heterocycles. The second-order valence-corrected chi connectivity index (χ2v) is 7.03. The lowest BCUT2D eigenvalue weighted by Gasteiger charge is -2.54. The highest BCUT2D eigenvalue weighted by Crippen LogP contribution is 2.59. The Labute approximate surface area is 118 Å². The van der Waals surface area contributed by atoms with Crippen LogP contribution in [0.25, 0.3) is 0 Å². The zero-order valence-corrected chi connectivity index (χ0v) is 12.4. The van der Waals surface area contributed by atoms with Crippen molar-refractivity contribution in [2.24, 2.45) is 5.41 Å². The Morgan fingerprint density at radius 1 is 0.947 bits per heavy atom. The molecule has 0 N–H and O–H groups in total. The van der Waals surface area contributed by atoms with Crippen LogP contribution < -0.4 is 0 Å². The number of fused-ring (bicyclic) bond motifs is 3. The van der Waals surface area contributed by atoms with Gasteiger partial charge in [-0.2, -0.15) is 0 Å². The Morgan fingerprint density at radius 3 is 2.16 bits per heavy atom. The summed E-state index contributed by atoms with van der Waals surface area (Å²) in [6, 6.07) is 12.0. The summed E-state index contributed by atoms with van der Waals surface area (Å²) in [4.78, 5) is 0. The zero-order chi connectivity index (χ0) is 13.2. The van der Waals surface area contributed by atoms with E-state index in [0.717, 1.165) is 5.41 Å². The van der Waals surface area contributed by atoms with E-state index >= 15 is 0 Å². The van der Waals surface area contributed by atoms with E-state index in [1.54, 1.807) is 5.56 Å². The molecule has 2 bridgehead atoms. The van der Waals surface area contributed by atoms with E-state index in [-0.39, 0.29) is 0 Å². The molecular weight excluding hydrogens is 228 g/mol. The monoisotopic (exact) mass is 255 g/mol. The van der Waals surface area contributed by atoms with Crippen molar-refractivity contribution in [3.05, 3.63) is 35.9 Å². The molecule has 3 fully saturated rings. The third-order valence-corrected chi connectivity index (χ3v) is 6.04. The molecule has 0 aromatic heterocycles. The van der Waals surface area contributed by atoms with Crippen LogP contribution in [0.1, 0.15) is 76.7 Å². The lowest BCUT2D eigenvalue weighted by molar-refractivity contribution is 0.0305. The molecular formula is C19H27. The summed E-state index contributed by atoms with van der Waals surface area (Å²) in [6.07, 6.45) is 14.5. The molecule has 0 nitrogen and oxygen atoms in total. The Hall–Kier alpha value is -0.780. The quantitative estimate of drug-likeness (QED) is 0.596. The Bertz CT molecular complexity index is 379. The summed E-state index contributed by atoms with van der Waals surface area (Å²) >= 11 is 0. The minimum absolute atomic E-state index is 0.529. The highest BCUT2D eigenvalue weighted by atomic mass is 14.5. The molecule has 0 heterocycles. The van der Waals surface area contributed by atoms with Gasteiger partial charge in [0.2, 0.25) is 0 Å². The zero-order valence-electron chi connectivity index (χ0n) is 12.4. The van der Waals surface area contributed by atoms with E-state index in [9.17, 15) is 0 Å². The molecule has 103 valence electrons. The van der Waals surface area contributed by atoms with E-state index in [0.29, 0.717) is 5.41 Å². The number of hydrogen-bond acceptors (Lipinski definition) is 0. The van der Waals surface area contributed by atoms with Gasteiger partial charge in [0.05, 0.1) is 0 Å². The topological polar surface area (TPSA) is 0 Å². The van der Waals surface area contributed by atoms with Crippen molar-refractivity contribution in [3.63, 3.8) is 0 Å². The summed E-state index contributed by atoms with van der Waals surface area (Å²) in [7, 11) is 0. The number of hydrogen-bond donors (Lipinski definition) is 0. The van der Waals surface area contributed by atoms with Crippen LogP contribution in [0, 0.1) is 11.5 Å². The van der Waals surface area contributed by atoms with Crippen molar-refractivity contribution in [1.82, 2.24) is 0 Å². The minimum atomic E-state index is 0.529. The van der Waals surface area contributed by atoms with Crippen LogP contribution in [0.4, 0.5) is 0 Å². The average molecular weight is 255 g/mol. The first-order chi connectivity index (χ1) is 9.29. The van der Waals surface area contributed by atoms with Gasteiger partial charge in [-0.25, -0.2) is 0 Å². The highest BCUT2D eigenvalue weighted by molar-refractivity contribution is 5.27. The van der Waals surface area contributed by atoms with Crippen molar-refractivity contribution >= 4 is 0 Å². The molecule has 1 aromatic rings. The van der Waals surface area contributed by atoms with Gasteiger partial charge in [-0.15, -0.1) is 0 Å². The van der Waals surface area contributed by atoms with Gasteiger partial charge in [0.15, 0.2) is 0 Å². The summed E-state index contributed by atoms with van der Waals surface area (Å²) in [5.74, 6) is 0. The van der Waals surface area contributed by atoms with Crippen LogP contribution in [0.2, 0.25) is 0 Å². The third kappa shape index (κ3) is 2.47. The van der Waals surface area contributed by atoms with E-state index in [2.05, 4.69) is 37.3 Å². The number of rotatable bonds is 5. The molecule has 1 radical (unpaired) electrons. The molecule has 0 amide bonds. The molecule has 3 saturated carbocycles. The fraction of sp³-hybridized carbons (Fsp3) is 0.684. The van der Waals surface area contributed by atoms with Gasteiger partial charge < -0.3 is 0 Å². The predicted molar refractivity (Wildman–Crippen MR) is 81.2 cm³/mol. The highest BCUT2D eigenvalue weighted by Gasteiger charge is 2.48. The first-order valence-corrected chi connectivity index (χ1v) is 8.25. The maximum atomic E-state index is 3.17. The second-order valence-electron chi connectivity index (χ2n) is 7.03. The molecule has 0 unspecified atom stereocenters. The first-order valence-electron chi connectivity index (χ1n) is 8.25. The third-order valence-electron chi connectivity index (χ3n) is 6.04. The van der Waals surface area contributed by atoms with Gasteiger partial charge in [0.25, 0.3) is 0 Å². The maximum absolute atomic E-state index is 3.17. The van der Waals surface area contributed by atoms with E-state index in [1.165, 1.54) is 64.2 Å². The lowest BCUT2D eigenvalue weighted by atomic mass is 9.51. The summed E-state index contributed by atoms with van der Waals surface area (Å²) < 4.78 is 0. The van der Waals surface area contributed by atoms with Crippen LogP contribution >= 0.6 is 0 Å². The SMILES string of the molecule is CCCCCC12CCC(c3cc[c]cc3)(CC1)CC2. The molecule has 1 aromatic carbocycles. The first kappa shape index (κ1) is 13.2. The molecule has 0 spiro atoms. The molecule has 19 heavy (non-hydrogen) atoms. The molecule has 0 atom stereocenters. The number of unbranched alkanes of at least 4 members (excludes halogenated alkanes) is 2. The minimum Gasteiger partial charge on any atom is -0.0654 e. The van der Waals surface area contributed by atoms with Crippen LogP contribution in [0.15, 0.2) is 24.3 Å². The van der Waals surface area contributed by atoms with E-state index in [4.69, 9.17) is 0 Å². The summed E-state index contributed by atoms with van der Waals surface area (Å²) in [5, 5.41) is 0. The molecule has 3 aliphatic carbocycles. The number of benzene rings is 1. The predicted octanol–water partition coefficient (Wildman–Crippen LogP) is 5.66.